The van der Waals surface area contributed by atoms with Crippen molar-refractivity contribution >= 4 is 0 Å². The molecule has 1 aliphatic heterocycles. The number of nitrogens with zero attached hydrogens (tertiary/aromatic N) is 2. The van der Waals surface area contributed by atoms with Crippen LogP contribution in [0.3, 0.4) is 0 Å². The summed E-state index contributed by atoms with van der Waals surface area (Å²) in [5.74, 6) is 0. The molecular weight excluding hydrogens is 152 g/mol. The molecule has 0 radical (unpaired) electrons. The lowest BCUT2D eigenvalue weighted by atomic mass is 10.2. The van der Waals surface area contributed by atoms with Gasteiger partial charge in [0.25, 0.3) is 0 Å². The van der Waals surface area contributed by atoms with Crippen LogP contribution >= 0.6 is 0 Å². The van der Waals surface area contributed by atoms with Crippen molar-refractivity contribution in [2.24, 2.45) is 0 Å². The Morgan fingerprint density at radius 1 is 1.67 bits per heavy atom. The van der Waals surface area contributed by atoms with Gasteiger partial charge in [-0.05, 0) is 25.9 Å². The topological polar surface area (TPSA) is 36.3 Å². The second-order valence-corrected chi connectivity index (χ2v) is 3.10. The number of likely N-dealkylation sites (N-methyl/N-ethyl adjacent to an activating group) is 1. The Balaban J connectivity index is 2.18. The first kappa shape index (κ1) is 9.50. The molecule has 0 aromatic carbocycles. The summed E-state index contributed by atoms with van der Waals surface area (Å²) in [5.41, 5.74) is 0. The fraction of sp³-hybridized carbons (Fsp3) is 0.889. The first-order valence-corrected chi connectivity index (χ1v) is 4.57. The number of rotatable bonds is 4. The maximum absolute atomic E-state index is 8.27. The summed E-state index contributed by atoms with van der Waals surface area (Å²) < 4.78 is 5.20. The summed E-state index contributed by atoms with van der Waals surface area (Å²) in [4.78, 5) is 2.41. The number of hydrogen-bond acceptors (Lipinski definition) is 3. The van der Waals surface area contributed by atoms with E-state index in [1.54, 1.807) is 0 Å². The third-order valence-electron chi connectivity index (χ3n) is 2.38. The van der Waals surface area contributed by atoms with E-state index >= 15 is 0 Å². The van der Waals surface area contributed by atoms with Gasteiger partial charge >= 0.3 is 0 Å². The van der Waals surface area contributed by atoms with Crippen LogP contribution < -0.4 is 0 Å². The van der Waals surface area contributed by atoms with Gasteiger partial charge in [-0.2, -0.15) is 5.26 Å². The molecular formula is C9H16N2O. The number of likely N-dealkylation sites (tertiary alicyclic amines) is 1. The van der Waals surface area contributed by atoms with Crippen LogP contribution in [0, 0.1) is 11.3 Å². The first-order chi connectivity index (χ1) is 5.88. The molecule has 0 amide bonds. The standard InChI is InChI=1S/C9H16N2O/c1-2-11-6-3-4-9(11)8-12-7-5-10/h9H,2-4,6-8H2,1H3/t9-/m0/s1. The van der Waals surface area contributed by atoms with Crippen molar-refractivity contribution in [3.05, 3.63) is 0 Å². The highest BCUT2D eigenvalue weighted by molar-refractivity contribution is 4.78. The Labute approximate surface area is 73.9 Å². The van der Waals surface area contributed by atoms with E-state index in [4.69, 9.17) is 10.00 Å². The van der Waals surface area contributed by atoms with E-state index in [-0.39, 0.29) is 6.61 Å². The van der Waals surface area contributed by atoms with E-state index in [2.05, 4.69) is 11.8 Å². The quantitative estimate of drug-likeness (QED) is 0.588. The maximum Gasteiger partial charge on any atom is 0.133 e. The minimum Gasteiger partial charge on any atom is -0.365 e. The minimum absolute atomic E-state index is 0.230. The van der Waals surface area contributed by atoms with Crippen molar-refractivity contribution in [3.8, 4) is 6.07 Å². The van der Waals surface area contributed by atoms with Gasteiger partial charge in [0, 0.05) is 6.04 Å². The fourth-order valence-electron chi connectivity index (χ4n) is 1.74. The molecule has 3 heteroatoms. The summed E-state index contributed by atoms with van der Waals surface area (Å²) in [6, 6.07) is 2.54. The van der Waals surface area contributed by atoms with Crippen LogP contribution in [0.25, 0.3) is 0 Å². The average Bonchev–Trinajstić information content (AvgIpc) is 2.52. The van der Waals surface area contributed by atoms with Gasteiger partial charge in [0.1, 0.15) is 6.61 Å². The lowest BCUT2D eigenvalue weighted by Crippen LogP contribution is -2.32. The smallest absolute Gasteiger partial charge is 0.133 e. The lowest BCUT2D eigenvalue weighted by Gasteiger charge is -2.21. The minimum atomic E-state index is 0.230. The van der Waals surface area contributed by atoms with E-state index in [0.717, 1.165) is 13.2 Å². The second-order valence-electron chi connectivity index (χ2n) is 3.10. The molecule has 3 nitrogen and oxygen atoms in total. The number of nitriles is 1. The molecule has 0 aliphatic carbocycles. The molecule has 0 aromatic rings. The molecule has 1 atom stereocenters. The molecule has 1 rings (SSSR count). The van der Waals surface area contributed by atoms with E-state index in [1.807, 2.05) is 6.07 Å². The summed E-state index contributed by atoms with van der Waals surface area (Å²) in [6.07, 6.45) is 2.49. The SMILES string of the molecule is CCN1CCC[C@H]1COCC#N. The van der Waals surface area contributed by atoms with Gasteiger partial charge in [-0.1, -0.05) is 6.92 Å². The van der Waals surface area contributed by atoms with Crippen LogP contribution in [-0.4, -0.2) is 37.2 Å². The van der Waals surface area contributed by atoms with Crippen LogP contribution in [0.1, 0.15) is 19.8 Å². The van der Waals surface area contributed by atoms with Gasteiger partial charge in [-0.15, -0.1) is 0 Å². The molecule has 12 heavy (non-hydrogen) atoms. The normalized spacial score (nSPS) is 24.2. The highest BCUT2D eigenvalue weighted by Crippen LogP contribution is 2.16. The zero-order valence-electron chi connectivity index (χ0n) is 7.62. The molecule has 68 valence electrons. The summed E-state index contributed by atoms with van der Waals surface area (Å²) in [7, 11) is 0. The predicted octanol–water partition coefficient (Wildman–Crippen LogP) is 1.01. The first-order valence-electron chi connectivity index (χ1n) is 4.57. The van der Waals surface area contributed by atoms with E-state index < -0.39 is 0 Å². The van der Waals surface area contributed by atoms with Crippen molar-refractivity contribution < 1.29 is 4.74 Å². The molecule has 0 aromatic heterocycles. The van der Waals surface area contributed by atoms with Crippen molar-refractivity contribution in [1.29, 1.82) is 5.26 Å². The molecule has 0 saturated carbocycles. The fourth-order valence-corrected chi connectivity index (χ4v) is 1.74. The maximum atomic E-state index is 8.27. The van der Waals surface area contributed by atoms with Crippen molar-refractivity contribution in [2.45, 2.75) is 25.8 Å². The van der Waals surface area contributed by atoms with Crippen LogP contribution in [0.2, 0.25) is 0 Å². The van der Waals surface area contributed by atoms with Crippen molar-refractivity contribution in [3.63, 3.8) is 0 Å². The van der Waals surface area contributed by atoms with Crippen LogP contribution in [0.4, 0.5) is 0 Å². The van der Waals surface area contributed by atoms with Gasteiger partial charge in [0.15, 0.2) is 0 Å². The second kappa shape index (κ2) is 5.13. The Morgan fingerprint density at radius 3 is 3.17 bits per heavy atom. The zero-order valence-corrected chi connectivity index (χ0v) is 7.62. The highest BCUT2D eigenvalue weighted by atomic mass is 16.5. The van der Waals surface area contributed by atoms with E-state index in [9.17, 15) is 0 Å². The van der Waals surface area contributed by atoms with Crippen LogP contribution in [0.5, 0.6) is 0 Å². The Hall–Kier alpha value is -0.590. The summed E-state index contributed by atoms with van der Waals surface area (Å²) >= 11 is 0. The highest BCUT2D eigenvalue weighted by Gasteiger charge is 2.22. The Bertz CT molecular complexity index is 164. The molecule has 0 bridgehead atoms. The molecule has 1 saturated heterocycles. The van der Waals surface area contributed by atoms with Crippen molar-refractivity contribution in [2.75, 3.05) is 26.3 Å². The third kappa shape index (κ3) is 2.47. The molecule has 0 unspecified atom stereocenters. The van der Waals surface area contributed by atoms with Gasteiger partial charge < -0.3 is 4.74 Å². The van der Waals surface area contributed by atoms with Crippen molar-refractivity contribution in [1.82, 2.24) is 4.90 Å². The molecule has 1 heterocycles. The number of hydrogen-bond donors (Lipinski definition) is 0. The summed E-state index contributed by atoms with van der Waals surface area (Å²) in [5, 5.41) is 8.27. The predicted molar refractivity (Wildman–Crippen MR) is 46.7 cm³/mol. The third-order valence-corrected chi connectivity index (χ3v) is 2.38. The molecule has 0 N–H and O–H groups in total. The number of ether oxygens (including phenoxy) is 1. The molecule has 1 aliphatic rings. The Kier molecular flexibility index (Phi) is 4.06. The van der Waals surface area contributed by atoms with Gasteiger partial charge in [0.05, 0.1) is 12.7 Å². The largest absolute Gasteiger partial charge is 0.365 e. The van der Waals surface area contributed by atoms with E-state index in [1.165, 1.54) is 19.4 Å². The van der Waals surface area contributed by atoms with Gasteiger partial charge in [0.2, 0.25) is 0 Å². The monoisotopic (exact) mass is 168 g/mol. The summed E-state index contributed by atoms with van der Waals surface area (Å²) in [6.45, 7) is 5.41. The Morgan fingerprint density at radius 2 is 2.50 bits per heavy atom. The lowest BCUT2D eigenvalue weighted by molar-refractivity contribution is 0.0991. The van der Waals surface area contributed by atoms with Gasteiger partial charge in [-0.25, -0.2) is 0 Å². The zero-order chi connectivity index (χ0) is 8.81. The van der Waals surface area contributed by atoms with Gasteiger partial charge in [-0.3, -0.25) is 4.90 Å². The van der Waals surface area contributed by atoms with E-state index in [0.29, 0.717) is 6.04 Å². The molecule has 1 fully saturated rings. The molecule has 0 spiro atoms. The average molecular weight is 168 g/mol. The van der Waals surface area contributed by atoms with Crippen LogP contribution in [0.15, 0.2) is 0 Å². The van der Waals surface area contributed by atoms with Crippen LogP contribution in [-0.2, 0) is 4.74 Å².